The number of nitrogens with zero attached hydrogens (tertiary/aromatic N) is 2. The molecule has 0 aliphatic carbocycles. The molecule has 0 aliphatic rings. The molecule has 1 heterocycles. The van der Waals surface area contributed by atoms with Crippen LogP contribution in [0.5, 0.6) is 0 Å². The van der Waals surface area contributed by atoms with Crippen molar-refractivity contribution in [2.45, 2.75) is 26.3 Å². The van der Waals surface area contributed by atoms with Crippen molar-refractivity contribution in [2.75, 3.05) is 0 Å². The van der Waals surface area contributed by atoms with Gasteiger partial charge in [0.25, 0.3) is 0 Å². The van der Waals surface area contributed by atoms with Crippen LogP contribution in [0.25, 0.3) is 0 Å². The van der Waals surface area contributed by atoms with E-state index in [0.29, 0.717) is 15.9 Å². The van der Waals surface area contributed by atoms with Gasteiger partial charge in [0.15, 0.2) is 6.04 Å². The van der Waals surface area contributed by atoms with Crippen LogP contribution in [0.2, 0.25) is 0 Å². The second kappa shape index (κ2) is 4.65. The van der Waals surface area contributed by atoms with Gasteiger partial charge in [-0.15, -0.1) is 0 Å². The highest BCUT2D eigenvalue weighted by Crippen LogP contribution is 2.24. The van der Waals surface area contributed by atoms with Crippen LogP contribution in [-0.4, -0.2) is 31.9 Å². The summed E-state index contributed by atoms with van der Waals surface area (Å²) in [6, 6.07) is -1.18. The SMILES string of the molecule is Cc1nn([C@H](CC(=O)O)C(=O)O)c(C)c1Br. The number of aryl methyl sites for hydroxylation is 1. The van der Waals surface area contributed by atoms with E-state index < -0.39 is 24.4 Å². The molecule has 0 radical (unpaired) electrons. The molecule has 0 saturated heterocycles. The number of hydrogen-bond acceptors (Lipinski definition) is 3. The van der Waals surface area contributed by atoms with Gasteiger partial charge in [0.2, 0.25) is 0 Å². The van der Waals surface area contributed by atoms with Crippen molar-refractivity contribution in [3.05, 3.63) is 15.9 Å². The first-order valence-electron chi connectivity index (χ1n) is 4.50. The second-order valence-electron chi connectivity index (χ2n) is 3.38. The van der Waals surface area contributed by atoms with Crippen molar-refractivity contribution < 1.29 is 19.8 Å². The lowest BCUT2D eigenvalue weighted by Gasteiger charge is -2.12. The van der Waals surface area contributed by atoms with E-state index in [1.165, 1.54) is 4.68 Å². The fraction of sp³-hybridized carbons (Fsp3) is 0.444. The molecule has 1 atom stereocenters. The molecule has 88 valence electrons. The van der Waals surface area contributed by atoms with E-state index in [9.17, 15) is 9.59 Å². The Kier molecular flexibility index (Phi) is 3.69. The first-order valence-corrected chi connectivity index (χ1v) is 5.29. The molecule has 1 aromatic heterocycles. The summed E-state index contributed by atoms with van der Waals surface area (Å²) in [7, 11) is 0. The first-order chi connectivity index (χ1) is 7.34. The summed E-state index contributed by atoms with van der Waals surface area (Å²) in [6.07, 6.45) is -0.496. The number of carboxylic acids is 2. The smallest absolute Gasteiger partial charge is 0.329 e. The number of aliphatic carboxylic acids is 2. The minimum Gasteiger partial charge on any atom is -0.481 e. The molecule has 1 aromatic rings. The van der Waals surface area contributed by atoms with Crippen LogP contribution >= 0.6 is 15.9 Å². The van der Waals surface area contributed by atoms with Gasteiger partial charge in [0, 0.05) is 0 Å². The minimum absolute atomic E-state index is 0.496. The van der Waals surface area contributed by atoms with E-state index in [0.717, 1.165) is 0 Å². The summed E-state index contributed by atoms with van der Waals surface area (Å²) in [5, 5.41) is 21.6. The molecule has 2 N–H and O–H groups in total. The monoisotopic (exact) mass is 290 g/mol. The molecule has 0 bridgehead atoms. The average molecular weight is 291 g/mol. The molecule has 0 aromatic carbocycles. The second-order valence-corrected chi connectivity index (χ2v) is 4.17. The standard InChI is InChI=1S/C9H11BrN2O4/c1-4-8(10)5(2)12(11-4)6(9(15)16)3-7(13)14/h6H,3H2,1-2H3,(H,13,14)(H,15,16)/t6-/m1/s1. The average Bonchev–Trinajstić information content (AvgIpc) is 2.42. The quantitative estimate of drug-likeness (QED) is 0.873. The van der Waals surface area contributed by atoms with Gasteiger partial charge in [0.1, 0.15) is 0 Å². The fourth-order valence-electron chi connectivity index (χ4n) is 1.39. The van der Waals surface area contributed by atoms with Crippen molar-refractivity contribution in [3.8, 4) is 0 Å². The van der Waals surface area contributed by atoms with E-state index in [2.05, 4.69) is 21.0 Å². The molecular formula is C9H11BrN2O4. The molecule has 0 fully saturated rings. The summed E-state index contributed by atoms with van der Waals surface area (Å²) in [4.78, 5) is 21.5. The summed E-state index contributed by atoms with van der Waals surface area (Å²) in [6.45, 7) is 3.40. The molecule has 0 aliphatic heterocycles. The Morgan fingerprint density at radius 3 is 2.31 bits per heavy atom. The molecule has 0 spiro atoms. The lowest BCUT2D eigenvalue weighted by atomic mass is 10.2. The molecule has 0 amide bonds. The van der Waals surface area contributed by atoms with Gasteiger partial charge in [-0.05, 0) is 29.8 Å². The van der Waals surface area contributed by atoms with Crippen LogP contribution in [0, 0.1) is 13.8 Å². The van der Waals surface area contributed by atoms with Crippen molar-refractivity contribution in [2.24, 2.45) is 0 Å². The summed E-state index contributed by atoms with van der Waals surface area (Å²) in [5.74, 6) is -2.38. The Morgan fingerprint density at radius 2 is 2.00 bits per heavy atom. The van der Waals surface area contributed by atoms with E-state index in [4.69, 9.17) is 10.2 Å². The summed E-state index contributed by atoms with van der Waals surface area (Å²) in [5.41, 5.74) is 1.24. The highest BCUT2D eigenvalue weighted by Gasteiger charge is 2.26. The van der Waals surface area contributed by atoms with Crippen molar-refractivity contribution >= 4 is 27.9 Å². The van der Waals surface area contributed by atoms with E-state index in [1.54, 1.807) is 13.8 Å². The van der Waals surface area contributed by atoms with Crippen LogP contribution in [-0.2, 0) is 9.59 Å². The summed E-state index contributed by atoms with van der Waals surface area (Å²) >= 11 is 3.26. The maximum Gasteiger partial charge on any atom is 0.329 e. The van der Waals surface area contributed by atoms with Crippen molar-refractivity contribution in [1.29, 1.82) is 0 Å². The molecule has 0 saturated carbocycles. The van der Waals surface area contributed by atoms with Crippen LogP contribution in [0.4, 0.5) is 0 Å². The van der Waals surface area contributed by atoms with Crippen LogP contribution in [0.1, 0.15) is 23.9 Å². The number of hydrogen-bond donors (Lipinski definition) is 2. The zero-order valence-corrected chi connectivity index (χ0v) is 10.4. The molecule has 7 heteroatoms. The Labute approximate surface area is 100 Å². The third kappa shape index (κ3) is 2.41. The predicted octanol–water partition coefficient (Wildman–Crippen LogP) is 1.36. The third-order valence-electron chi connectivity index (χ3n) is 2.18. The Hall–Kier alpha value is -1.37. The molecule has 6 nitrogen and oxygen atoms in total. The highest BCUT2D eigenvalue weighted by molar-refractivity contribution is 9.10. The third-order valence-corrected chi connectivity index (χ3v) is 3.33. The fourth-order valence-corrected chi connectivity index (χ4v) is 1.65. The van der Waals surface area contributed by atoms with Gasteiger partial charge in [-0.3, -0.25) is 9.48 Å². The number of halogens is 1. The van der Waals surface area contributed by atoms with Gasteiger partial charge in [-0.1, -0.05) is 0 Å². The van der Waals surface area contributed by atoms with Gasteiger partial charge in [0.05, 0.1) is 22.3 Å². The largest absolute Gasteiger partial charge is 0.481 e. The molecule has 0 unspecified atom stereocenters. The maximum atomic E-state index is 11.0. The van der Waals surface area contributed by atoms with Gasteiger partial charge < -0.3 is 10.2 Å². The van der Waals surface area contributed by atoms with Gasteiger partial charge in [-0.2, -0.15) is 5.10 Å². The van der Waals surface area contributed by atoms with Crippen LogP contribution in [0.3, 0.4) is 0 Å². The zero-order valence-electron chi connectivity index (χ0n) is 8.77. The van der Waals surface area contributed by atoms with Gasteiger partial charge in [-0.25, -0.2) is 4.79 Å². The lowest BCUT2D eigenvalue weighted by molar-refractivity contribution is -0.147. The van der Waals surface area contributed by atoms with E-state index in [-0.39, 0.29) is 0 Å². The van der Waals surface area contributed by atoms with Crippen molar-refractivity contribution in [3.63, 3.8) is 0 Å². The van der Waals surface area contributed by atoms with Crippen LogP contribution in [0.15, 0.2) is 4.47 Å². The first kappa shape index (κ1) is 12.7. The van der Waals surface area contributed by atoms with Crippen LogP contribution < -0.4 is 0 Å². The van der Waals surface area contributed by atoms with Crippen molar-refractivity contribution in [1.82, 2.24) is 9.78 Å². The Morgan fingerprint density at radius 1 is 1.44 bits per heavy atom. The number of carbonyl (C=O) groups is 2. The summed E-state index contributed by atoms with van der Waals surface area (Å²) < 4.78 is 1.92. The predicted molar refractivity (Wildman–Crippen MR) is 58.3 cm³/mol. The molecular weight excluding hydrogens is 280 g/mol. The molecule has 16 heavy (non-hydrogen) atoms. The van der Waals surface area contributed by atoms with E-state index >= 15 is 0 Å². The molecule has 1 rings (SSSR count). The maximum absolute atomic E-state index is 11.0. The topological polar surface area (TPSA) is 92.4 Å². The Balaban J connectivity index is 3.16. The highest BCUT2D eigenvalue weighted by atomic mass is 79.9. The minimum atomic E-state index is -1.21. The number of rotatable bonds is 4. The normalized spacial score (nSPS) is 12.4. The Bertz CT molecular complexity index is 441. The van der Waals surface area contributed by atoms with E-state index in [1.807, 2.05) is 0 Å². The number of carboxylic acid groups (broad SMARTS) is 2. The number of aromatic nitrogens is 2. The zero-order chi connectivity index (χ0) is 12.5. The van der Waals surface area contributed by atoms with Gasteiger partial charge >= 0.3 is 11.9 Å². The lowest BCUT2D eigenvalue weighted by Crippen LogP contribution is -2.24.